The van der Waals surface area contributed by atoms with Gasteiger partial charge in [0.25, 0.3) is 0 Å². The van der Waals surface area contributed by atoms with Crippen LogP contribution in [0.3, 0.4) is 0 Å². The van der Waals surface area contributed by atoms with Crippen LogP contribution in [0.15, 0.2) is 18.2 Å². The van der Waals surface area contributed by atoms with Crippen molar-refractivity contribution in [1.82, 2.24) is 0 Å². The number of unbranched alkanes of at least 4 members (excludes halogenated alkanes) is 2. The average molecular weight is 328 g/mol. The van der Waals surface area contributed by atoms with Crippen molar-refractivity contribution < 1.29 is 27.8 Å². The van der Waals surface area contributed by atoms with E-state index in [9.17, 15) is 18.4 Å². The van der Waals surface area contributed by atoms with E-state index < -0.39 is 29.7 Å². The van der Waals surface area contributed by atoms with Crippen LogP contribution in [-0.2, 0) is 19.1 Å². The van der Waals surface area contributed by atoms with Crippen LogP contribution < -0.4 is 0 Å². The van der Waals surface area contributed by atoms with Crippen LogP contribution in [-0.4, -0.2) is 18.5 Å². The van der Waals surface area contributed by atoms with E-state index in [0.29, 0.717) is 6.61 Å². The fourth-order valence-corrected chi connectivity index (χ4v) is 2.03. The summed E-state index contributed by atoms with van der Waals surface area (Å²) >= 11 is 0. The van der Waals surface area contributed by atoms with Crippen molar-refractivity contribution in [3.63, 3.8) is 0 Å². The van der Waals surface area contributed by atoms with Gasteiger partial charge in [-0.1, -0.05) is 25.8 Å². The minimum absolute atomic E-state index is 0.114. The minimum Gasteiger partial charge on any atom is -0.466 e. The molecule has 0 spiro atoms. The summed E-state index contributed by atoms with van der Waals surface area (Å²) < 4.78 is 37.0. The van der Waals surface area contributed by atoms with Gasteiger partial charge >= 0.3 is 11.9 Å². The molecule has 0 aliphatic heterocycles. The number of ether oxygens (including phenoxy) is 2. The number of hydrogen-bond acceptors (Lipinski definition) is 4. The van der Waals surface area contributed by atoms with Gasteiger partial charge in [0.05, 0.1) is 25.0 Å². The summed E-state index contributed by atoms with van der Waals surface area (Å²) in [5, 5.41) is 0. The molecule has 0 saturated heterocycles. The first kappa shape index (κ1) is 19.1. The number of rotatable bonds is 9. The van der Waals surface area contributed by atoms with Gasteiger partial charge < -0.3 is 9.47 Å². The summed E-state index contributed by atoms with van der Waals surface area (Å²) in [6.07, 6.45) is 1.42. The lowest BCUT2D eigenvalue weighted by molar-refractivity contribution is -0.153. The van der Waals surface area contributed by atoms with Crippen molar-refractivity contribution in [1.29, 1.82) is 0 Å². The predicted molar refractivity (Wildman–Crippen MR) is 80.6 cm³/mol. The van der Waals surface area contributed by atoms with Crippen molar-refractivity contribution in [2.24, 2.45) is 0 Å². The van der Waals surface area contributed by atoms with Gasteiger partial charge in [0.2, 0.25) is 0 Å². The summed E-state index contributed by atoms with van der Waals surface area (Å²) in [4.78, 5) is 23.1. The molecule has 0 radical (unpaired) electrons. The molecule has 1 aromatic carbocycles. The molecule has 0 saturated carbocycles. The molecule has 0 fully saturated rings. The molecule has 1 aromatic rings. The molecular formula is C17H22F2O4. The zero-order valence-electron chi connectivity index (χ0n) is 13.4. The maximum atomic E-state index is 13.6. The third-order valence-electron chi connectivity index (χ3n) is 3.26. The monoisotopic (exact) mass is 328 g/mol. The van der Waals surface area contributed by atoms with Crippen LogP contribution >= 0.6 is 0 Å². The van der Waals surface area contributed by atoms with E-state index in [0.717, 1.165) is 31.4 Å². The van der Waals surface area contributed by atoms with Crippen molar-refractivity contribution in [2.75, 3.05) is 6.61 Å². The molecular weight excluding hydrogens is 306 g/mol. The third-order valence-corrected chi connectivity index (χ3v) is 3.26. The molecule has 1 atom stereocenters. The molecule has 0 N–H and O–H groups in total. The fraction of sp³-hybridized carbons (Fsp3) is 0.529. The van der Waals surface area contributed by atoms with E-state index in [2.05, 4.69) is 0 Å². The van der Waals surface area contributed by atoms with E-state index in [1.807, 2.05) is 6.92 Å². The van der Waals surface area contributed by atoms with Crippen LogP contribution in [0.4, 0.5) is 8.78 Å². The molecule has 1 unspecified atom stereocenters. The summed E-state index contributed by atoms with van der Waals surface area (Å²) in [5.41, 5.74) is -0.303. The van der Waals surface area contributed by atoms with Crippen molar-refractivity contribution in [3.05, 3.63) is 35.4 Å². The Morgan fingerprint density at radius 2 is 1.70 bits per heavy atom. The second-order valence-corrected chi connectivity index (χ2v) is 5.19. The van der Waals surface area contributed by atoms with Crippen LogP contribution in [0.2, 0.25) is 0 Å². The Morgan fingerprint density at radius 1 is 1.09 bits per heavy atom. The topological polar surface area (TPSA) is 52.6 Å². The van der Waals surface area contributed by atoms with Crippen molar-refractivity contribution in [3.8, 4) is 0 Å². The van der Waals surface area contributed by atoms with Crippen molar-refractivity contribution in [2.45, 2.75) is 52.1 Å². The van der Waals surface area contributed by atoms with Crippen LogP contribution in [0.1, 0.15) is 57.6 Å². The van der Waals surface area contributed by atoms with Gasteiger partial charge in [0.1, 0.15) is 17.7 Å². The van der Waals surface area contributed by atoms with Gasteiger partial charge in [-0.3, -0.25) is 9.59 Å². The Hall–Kier alpha value is -1.98. The highest BCUT2D eigenvalue weighted by Crippen LogP contribution is 2.23. The first-order chi connectivity index (χ1) is 11.0. The Kier molecular flexibility index (Phi) is 8.22. The normalized spacial score (nSPS) is 11.8. The first-order valence-corrected chi connectivity index (χ1v) is 7.74. The molecule has 0 aliphatic carbocycles. The minimum atomic E-state index is -1.07. The Bertz CT molecular complexity index is 511. The van der Waals surface area contributed by atoms with Crippen LogP contribution in [0.25, 0.3) is 0 Å². The van der Waals surface area contributed by atoms with Gasteiger partial charge in [-0.2, -0.15) is 0 Å². The van der Waals surface area contributed by atoms with E-state index in [1.54, 1.807) is 0 Å². The van der Waals surface area contributed by atoms with E-state index in [-0.39, 0.29) is 18.4 Å². The Morgan fingerprint density at radius 3 is 2.30 bits per heavy atom. The maximum absolute atomic E-state index is 13.6. The lowest BCUT2D eigenvalue weighted by atomic mass is 10.1. The number of carbonyl (C=O) groups is 2. The number of benzene rings is 1. The van der Waals surface area contributed by atoms with E-state index >= 15 is 0 Å². The van der Waals surface area contributed by atoms with Gasteiger partial charge in [-0.05, 0) is 25.5 Å². The van der Waals surface area contributed by atoms with E-state index in [1.165, 1.54) is 13.0 Å². The smallest absolute Gasteiger partial charge is 0.306 e. The lowest BCUT2D eigenvalue weighted by Crippen LogP contribution is -2.14. The summed E-state index contributed by atoms with van der Waals surface area (Å²) in [7, 11) is 0. The highest BCUT2D eigenvalue weighted by Gasteiger charge is 2.20. The molecule has 128 valence electrons. The summed E-state index contributed by atoms with van der Waals surface area (Å²) in [6, 6.07) is 3.42. The predicted octanol–water partition coefficient (Wildman–Crippen LogP) is 4.08. The second kappa shape index (κ2) is 9.92. The zero-order chi connectivity index (χ0) is 17.2. The molecule has 0 heterocycles. The largest absolute Gasteiger partial charge is 0.466 e. The average Bonchev–Trinajstić information content (AvgIpc) is 2.49. The standard InChI is InChI=1S/C17H22F2O4/c1-3-4-5-11-22-15(20)9-10-16(21)23-12(2)17-13(18)7-6-8-14(17)19/h6-8,12H,3-5,9-11H2,1-2H3. The SMILES string of the molecule is CCCCCOC(=O)CCC(=O)OC(C)c1c(F)cccc1F. The summed E-state index contributed by atoms with van der Waals surface area (Å²) in [5.74, 6) is -2.74. The zero-order valence-corrected chi connectivity index (χ0v) is 13.4. The molecule has 4 nitrogen and oxygen atoms in total. The number of halogens is 2. The Balaban J connectivity index is 2.37. The number of carbonyl (C=O) groups excluding carboxylic acids is 2. The molecule has 0 amide bonds. The summed E-state index contributed by atoms with van der Waals surface area (Å²) in [6.45, 7) is 3.75. The van der Waals surface area contributed by atoms with Gasteiger partial charge in [-0.15, -0.1) is 0 Å². The number of hydrogen-bond donors (Lipinski definition) is 0. The van der Waals surface area contributed by atoms with Gasteiger partial charge in [0.15, 0.2) is 0 Å². The van der Waals surface area contributed by atoms with Crippen LogP contribution in [0.5, 0.6) is 0 Å². The molecule has 0 aliphatic rings. The van der Waals surface area contributed by atoms with Gasteiger partial charge in [0, 0.05) is 0 Å². The second-order valence-electron chi connectivity index (χ2n) is 5.19. The number of esters is 2. The molecule has 1 rings (SSSR count). The van der Waals surface area contributed by atoms with Crippen LogP contribution in [0, 0.1) is 11.6 Å². The Labute approximate surface area is 134 Å². The van der Waals surface area contributed by atoms with Gasteiger partial charge in [-0.25, -0.2) is 8.78 Å². The quantitative estimate of drug-likeness (QED) is 0.506. The maximum Gasteiger partial charge on any atom is 0.306 e. The molecule has 0 aromatic heterocycles. The van der Waals surface area contributed by atoms with Crippen molar-refractivity contribution >= 4 is 11.9 Å². The van der Waals surface area contributed by atoms with E-state index in [4.69, 9.17) is 9.47 Å². The highest BCUT2D eigenvalue weighted by atomic mass is 19.1. The molecule has 23 heavy (non-hydrogen) atoms. The first-order valence-electron chi connectivity index (χ1n) is 7.74. The third kappa shape index (κ3) is 6.76. The highest BCUT2D eigenvalue weighted by molar-refractivity contribution is 5.77. The fourth-order valence-electron chi connectivity index (χ4n) is 2.03. The molecule has 6 heteroatoms. The lowest BCUT2D eigenvalue weighted by Gasteiger charge is -2.15. The molecule has 0 bridgehead atoms.